The van der Waals surface area contributed by atoms with Gasteiger partial charge in [0.1, 0.15) is 10.0 Å². The monoisotopic (exact) mass is 371 g/mol. The van der Waals surface area contributed by atoms with E-state index in [0.29, 0.717) is 5.02 Å². The minimum absolute atomic E-state index is 0.714. The third-order valence-corrected chi connectivity index (χ3v) is 5.04. The summed E-state index contributed by atoms with van der Waals surface area (Å²) in [6, 6.07) is 6.57. The van der Waals surface area contributed by atoms with E-state index < -0.39 is 0 Å². The SMILES string of the molecule is Clc1ccc(Br)cc1-c1nnc(CCCNC2CC2)s1. The predicted molar refractivity (Wildman–Crippen MR) is 87.4 cm³/mol. The summed E-state index contributed by atoms with van der Waals surface area (Å²) in [5.41, 5.74) is 0.945. The molecule has 1 saturated carbocycles. The van der Waals surface area contributed by atoms with Crippen LogP contribution in [0.3, 0.4) is 0 Å². The van der Waals surface area contributed by atoms with E-state index in [1.807, 2.05) is 18.2 Å². The highest BCUT2D eigenvalue weighted by Gasteiger charge is 2.19. The Morgan fingerprint density at radius 3 is 3.00 bits per heavy atom. The number of halogens is 2. The molecule has 1 N–H and O–H groups in total. The maximum absolute atomic E-state index is 6.22. The molecule has 0 radical (unpaired) electrons. The molecule has 0 aliphatic heterocycles. The summed E-state index contributed by atoms with van der Waals surface area (Å²) in [6.45, 7) is 1.07. The van der Waals surface area contributed by atoms with Crippen molar-refractivity contribution < 1.29 is 0 Å². The lowest BCUT2D eigenvalue weighted by atomic mass is 10.2. The number of benzene rings is 1. The van der Waals surface area contributed by atoms with Crippen molar-refractivity contribution in [2.45, 2.75) is 31.7 Å². The maximum Gasteiger partial charge on any atom is 0.149 e. The second kappa shape index (κ2) is 6.52. The number of aryl methyl sites for hydroxylation is 1. The number of aromatic nitrogens is 2. The minimum Gasteiger partial charge on any atom is -0.314 e. The summed E-state index contributed by atoms with van der Waals surface area (Å²) >= 11 is 11.3. The molecule has 1 heterocycles. The molecule has 1 aromatic carbocycles. The molecule has 3 nitrogen and oxygen atoms in total. The van der Waals surface area contributed by atoms with Crippen LogP contribution in [0.1, 0.15) is 24.3 Å². The van der Waals surface area contributed by atoms with Crippen molar-refractivity contribution in [2.75, 3.05) is 6.54 Å². The number of nitrogens with one attached hydrogen (secondary N) is 1. The highest BCUT2D eigenvalue weighted by atomic mass is 79.9. The second-order valence-corrected chi connectivity index (χ2v) is 7.34. The van der Waals surface area contributed by atoms with E-state index in [1.54, 1.807) is 11.3 Å². The maximum atomic E-state index is 6.22. The van der Waals surface area contributed by atoms with Crippen molar-refractivity contribution in [2.24, 2.45) is 0 Å². The number of rotatable bonds is 6. The smallest absolute Gasteiger partial charge is 0.149 e. The van der Waals surface area contributed by atoms with E-state index in [1.165, 1.54) is 12.8 Å². The van der Waals surface area contributed by atoms with E-state index in [2.05, 4.69) is 31.4 Å². The molecule has 6 heteroatoms. The molecule has 3 rings (SSSR count). The molecule has 0 spiro atoms. The molecule has 1 fully saturated rings. The van der Waals surface area contributed by atoms with Gasteiger partial charge in [-0.25, -0.2) is 0 Å². The molecule has 0 atom stereocenters. The zero-order valence-corrected chi connectivity index (χ0v) is 14.1. The van der Waals surface area contributed by atoms with Crippen LogP contribution >= 0.6 is 38.9 Å². The van der Waals surface area contributed by atoms with Crippen LogP contribution < -0.4 is 5.32 Å². The average Bonchev–Trinajstić information content (AvgIpc) is 3.15. The first-order valence-electron chi connectivity index (χ1n) is 6.73. The van der Waals surface area contributed by atoms with Gasteiger partial charge in [-0.1, -0.05) is 38.9 Å². The van der Waals surface area contributed by atoms with Crippen molar-refractivity contribution in [3.63, 3.8) is 0 Å². The summed E-state index contributed by atoms with van der Waals surface area (Å²) in [5, 5.41) is 14.7. The van der Waals surface area contributed by atoms with Crippen LogP contribution in [0.5, 0.6) is 0 Å². The fourth-order valence-corrected chi connectivity index (χ4v) is 3.49. The van der Waals surface area contributed by atoms with Crippen molar-refractivity contribution in [1.82, 2.24) is 15.5 Å². The van der Waals surface area contributed by atoms with Gasteiger partial charge in [-0.15, -0.1) is 10.2 Å². The Balaban J connectivity index is 1.61. The third-order valence-electron chi connectivity index (χ3n) is 3.20. The van der Waals surface area contributed by atoms with Crippen LogP contribution in [0, 0.1) is 0 Å². The first-order chi connectivity index (χ1) is 9.72. The lowest BCUT2D eigenvalue weighted by molar-refractivity contribution is 0.643. The predicted octanol–water partition coefficient (Wildman–Crippen LogP) is 4.31. The first-order valence-corrected chi connectivity index (χ1v) is 8.72. The fourth-order valence-electron chi connectivity index (χ4n) is 1.96. The molecule has 0 unspecified atom stereocenters. The molecule has 2 aromatic rings. The number of hydrogen-bond donors (Lipinski definition) is 1. The Labute approximate surface area is 135 Å². The molecule has 1 aliphatic carbocycles. The van der Waals surface area contributed by atoms with E-state index in [9.17, 15) is 0 Å². The Morgan fingerprint density at radius 2 is 2.20 bits per heavy atom. The first kappa shape index (κ1) is 14.4. The van der Waals surface area contributed by atoms with E-state index in [0.717, 1.165) is 45.5 Å². The normalized spacial score (nSPS) is 14.7. The quantitative estimate of drug-likeness (QED) is 0.768. The van der Waals surface area contributed by atoms with E-state index in [4.69, 9.17) is 11.6 Å². The van der Waals surface area contributed by atoms with Crippen LogP contribution in [-0.2, 0) is 6.42 Å². The highest BCUT2D eigenvalue weighted by molar-refractivity contribution is 9.10. The van der Waals surface area contributed by atoms with Crippen LogP contribution in [0.15, 0.2) is 22.7 Å². The van der Waals surface area contributed by atoms with Gasteiger partial charge in [0, 0.05) is 22.5 Å². The Bertz CT molecular complexity index is 598. The van der Waals surface area contributed by atoms with Gasteiger partial charge in [-0.3, -0.25) is 0 Å². The molecule has 1 aliphatic rings. The van der Waals surface area contributed by atoms with Gasteiger partial charge in [0.05, 0.1) is 5.02 Å². The lowest BCUT2D eigenvalue weighted by Gasteiger charge is -2.00. The lowest BCUT2D eigenvalue weighted by Crippen LogP contribution is -2.17. The zero-order valence-electron chi connectivity index (χ0n) is 10.9. The number of nitrogens with zero attached hydrogens (tertiary/aromatic N) is 2. The van der Waals surface area contributed by atoms with Gasteiger partial charge in [-0.2, -0.15) is 0 Å². The molecule has 106 valence electrons. The summed E-state index contributed by atoms with van der Waals surface area (Å²) < 4.78 is 1.00. The van der Waals surface area contributed by atoms with Gasteiger partial charge in [0.15, 0.2) is 0 Å². The molecule has 1 aromatic heterocycles. The largest absolute Gasteiger partial charge is 0.314 e. The van der Waals surface area contributed by atoms with Gasteiger partial charge >= 0.3 is 0 Å². The summed E-state index contributed by atoms with van der Waals surface area (Å²) in [6.07, 6.45) is 4.76. The third kappa shape index (κ3) is 3.79. The standard InChI is InChI=1S/C14H15BrClN3S/c15-9-3-6-12(16)11(8-9)14-19-18-13(20-14)2-1-7-17-10-4-5-10/h3,6,8,10,17H,1-2,4-5,7H2. The van der Waals surface area contributed by atoms with Gasteiger partial charge in [0.25, 0.3) is 0 Å². The van der Waals surface area contributed by atoms with E-state index in [-0.39, 0.29) is 0 Å². The summed E-state index contributed by atoms with van der Waals surface area (Å²) in [7, 11) is 0. The summed E-state index contributed by atoms with van der Waals surface area (Å²) in [5.74, 6) is 0. The Hall–Kier alpha value is -0.490. The number of hydrogen-bond acceptors (Lipinski definition) is 4. The van der Waals surface area contributed by atoms with E-state index >= 15 is 0 Å². The molecule has 20 heavy (non-hydrogen) atoms. The molecule has 0 bridgehead atoms. The van der Waals surface area contributed by atoms with Crippen molar-refractivity contribution in [3.8, 4) is 10.6 Å². The van der Waals surface area contributed by atoms with Gasteiger partial charge in [0.2, 0.25) is 0 Å². The molecular formula is C14H15BrClN3S. The average molecular weight is 373 g/mol. The van der Waals surface area contributed by atoms with Gasteiger partial charge in [-0.05, 0) is 44.0 Å². The Kier molecular flexibility index (Phi) is 4.71. The topological polar surface area (TPSA) is 37.8 Å². The van der Waals surface area contributed by atoms with Crippen LogP contribution in [0.2, 0.25) is 5.02 Å². The van der Waals surface area contributed by atoms with Crippen molar-refractivity contribution >= 4 is 38.9 Å². The van der Waals surface area contributed by atoms with Crippen LogP contribution in [0.4, 0.5) is 0 Å². The van der Waals surface area contributed by atoms with Crippen LogP contribution in [0.25, 0.3) is 10.6 Å². The Morgan fingerprint density at radius 1 is 1.35 bits per heavy atom. The zero-order chi connectivity index (χ0) is 13.9. The molecule has 0 saturated heterocycles. The van der Waals surface area contributed by atoms with Gasteiger partial charge < -0.3 is 5.32 Å². The highest BCUT2D eigenvalue weighted by Crippen LogP contribution is 2.32. The van der Waals surface area contributed by atoms with Crippen molar-refractivity contribution in [1.29, 1.82) is 0 Å². The summed E-state index contributed by atoms with van der Waals surface area (Å²) in [4.78, 5) is 0. The second-order valence-electron chi connectivity index (χ2n) is 4.96. The fraction of sp³-hybridized carbons (Fsp3) is 0.429. The minimum atomic E-state index is 0.714. The molecule has 0 amide bonds. The molecular weight excluding hydrogens is 358 g/mol. The van der Waals surface area contributed by atoms with Crippen molar-refractivity contribution in [3.05, 3.63) is 32.7 Å². The van der Waals surface area contributed by atoms with Crippen LogP contribution in [-0.4, -0.2) is 22.8 Å².